The van der Waals surface area contributed by atoms with Crippen molar-refractivity contribution in [1.29, 1.82) is 0 Å². The Bertz CT molecular complexity index is 591. The van der Waals surface area contributed by atoms with E-state index >= 15 is 0 Å². The first-order chi connectivity index (χ1) is 7.50. The summed E-state index contributed by atoms with van der Waals surface area (Å²) >= 11 is 0. The predicted octanol–water partition coefficient (Wildman–Crippen LogP) is 3.53. The third-order valence-corrected chi connectivity index (χ3v) is 2.87. The summed E-state index contributed by atoms with van der Waals surface area (Å²) in [6, 6.07) is 5.56. The average molecular weight is 216 g/mol. The highest BCUT2D eigenvalue weighted by atomic mass is 16.3. The molecule has 2 rings (SSSR count). The van der Waals surface area contributed by atoms with Crippen molar-refractivity contribution in [3.8, 4) is 0 Å². The normalized spacial score (nSPS) is 11.3. The van der Waals surface area contributed by atoms with Crippen molar-refractivity contribution in [3.05, 3.63) is 45.3 Å². The Kier molecular flexibility index (Phi) is 2.58. The maximum Gasteiger partial charge on any atom is 0.193 e. The van der Waals surface area contributed by atoms with Crippen molar-refractivity contribution >= 4 is 11.0 Å². The molecule has 1 aromatic heterocycles. The highest BCUT2D eigenvalue weighted by Gasteiger charge is 2.11. The molecule has 0 spiro atoms. The zero-order chi connectivity index (χ0) is 11.9. The molecule has 0 fully saturated rings. The second kappa shape index (κ2) is 3.78. The number of aryl methyl sites for hydroxylation is 2. The van der Waals surface area contributed by atoms with E-state index in [0.717, 1.165) is 22.5 Å². The van der Waals surface area contributed by atoms with E-state index in [1.54, 1.807) is 6.07 Å². The molecule has 1 heterocycles. The summed E-state index contributed by atoms with van der Waals surface area (Å²) in [5, 5.41) is 0.712. The van der Waals surface area contributed by atoms with Gasteiger partial charge in [-0.15, -0.1) is 0 Å². The van der Waals surface area contributed by atoms with E-state index in [0.29, 0.717) is 5.39 Å². The van der Waals surface area contributed by atoms with E-state index in [2.05, 4.69) is 0 Å². The summed E-state index contributed by atoms with van der Waals surface area (Å²) in [5.74, 6) is 0.989. The van der Waals surface area contributed by atoms with E-state index in [9.17, 15) is 4.79 Å². The van der Waals surface area contributed by atoms with Gasteiger partial charge in [-0.2, -0.15) is 0 Å². The lowest BCUT2D eigenvalue weighted by atomic mass is 10.0. The van der Waals surface area contributed by atoms with Gasteiger partial charge in [-0.3, -0.25) is 4.79 Å². The van der Waals surface area contributed by atoms with Gasteiger partial charge in [0.05, 0.1) is 5.39 Å². The Balaban J connectivity index is 2.92. The van der Waals surface area contributed by atoms with Gasteiger partial charge in [0.25, 0.3) is 0 Å². The fourth-order valence-corrected chi connectivity index (χ4v) is 1.86. The SMILES string of the molecule is Cc1ccc(C)c2c(=O)cc(C(C)C)oc12. The molecule has 0 saturated heterocycles. The standard InChI is InChI=1S/C14H16O2/c1-8(2)12-7-11(15)13-9(3)5-6-10(4)14(13)16-12/h5-8H,1-4H3. The molecule has 0 aliphatic rings. The van der Waals surface area contributed by atoms with Crippen molar-refractivity contribution in [2.24, 2.45) is 0 Å². The van der Waals surface area contributed by atoms with Crippen LogP contribution in [0.2, 0.25) is 0 Å². The maximum absolute atomic E-state index is 12.0. The summed E-state index contributed by atoms with van der Waals surface area (Å²) in [6.45, 7) is 7.95. The molecule has 1 aromatic carbocycles. The molecule has 0 atom stereocenters. The molecule has 0 unspecified atom stereocenters. The average Bonchev–Trinajstić information content (AvgIpc) is 2.22. The van der Waals surface area contributed by atoms with Gasteiger partial charge in [0, 0.05) is 12.0 Å². The molecule has 0 saturated carbocycles. The Hall–Kier alpha value is -1.57. The van der Waals surface area contributed by atoms with Gasteiger partial charge in [0.2, 0.25) is 0 Å². The number of hydrogen-bond donors (Lipinski definition) is 0. The van der Waals surface area contributed by atoms with Crippen LogP contribution in [0.3, 0.4) is 0 Å². The van der Waals surface area contributed by atoms with Crippen molar-refractivity contribution in [1.82, 2.24) is 0 Å². The van der Waals surface area contributed by atoms with E-state index < -0.39 is 0 Å². The molecule has 0 amide bonds. The van der Waals surface area contributed by atoms with E-state index in [-0.39, 0.29) is 11.3 Å². The van der Waals surface area contributed by atoms with Gasteiger partial charge in [0.1, 0.15) is 11.3 Å². The number of rotatable bonds is 1. The van der Waals surface area contributed by atoms with Crippen LogP contribution in [0.5, 0.6) is 0 Å². The Labute approximate surface area is 94.9 Å². The fraction of sp³-hybridized carbons (Fsp3) is 0.357. The van der Waals surface area contributed by atoms with Crippen molar-refractivity contribution in [2.75, 3.05) is 0 Å². The lowest BCUT2D eigenvalue weighted by molar-refractivity contribution is 0.507. The molecule has 84 valence electrons. The van der Waals surface area contributed by atoms with Crippen LogP contribution < -0.4 is 5.43 Å². The van der Waals surface area contributed by atoms with Crippen LogP contribution in [0, 0.1) is 13.8 Å². The van der Waals surface area contributed by atoms with Crippen LogP contribution in [0.15, 0.2) is 27.4 Å². The molecular formula is C14H16O2. The number of hydrogen-bond acceptors (Lipinski definition) is 2. The summed E-state index contributed by atoms with van der Waals surface area (Å²) in [7, 11) is 0. The summed E-state index contributed by atoms with van der Waals surface area (Å²) in [5.41, 5.74) is 2.78. The summed E-state index contributed by atoms with van der Waals surface area (Å²) in [6.07, 6.45) is 0. The van der Waals surface area contributed by atoms with Gasteiger partial charge >= 0.3 is 0 Å². The van der Waals surface area contributed by atoms with E-state index in [1.807, 2.05) is 39.8 Å². The smallest absolute Gasteiger partial charge is 0.193 e. The quantitative estimate of drug-likeness (QED) is 0.730. The first kappa shape index (κ1) is 10.9. The van der Waals surface area contributed by atoms with Crippen molar-refractivity contribution in [3.63, 3.8) is 0 Å². The fourth-order valence-electron chi connectivity index (χ4n) is 1.86. The minimum Gasteiger partial charge on any atom is -0.460 e. The molecule has 0 bridgehead atoms. The van der Waals surface area contributed by atoms with Gasteiger partial charge in [0.15, 0.2) is 5.43 Å². The third kappa shape index (κ3) is 1.64. The molecule has 2 aromatic rings. The number of fused-ring (bicyclic) bond motifs is 1. The second-order valence-electron chi connectivity index (χ2n) is 4.57. The molecule has 2 heteroatoms. The van der Waals surface area contributed by atoms with Crippen LogP contribution in [-0.2, 0) is 0 Å². The van der Waals surface area contributed by atoms with Gasteiger partial charge in [-0.1, -0.05) is 26.0 Å². The van der Waals surface area contributed by atoms with Crippen LogP contribution in [0.1, 0.15) is 36.7 Å². The lowest BCUT2D eigenvalue weighted by Crippen LogP contribution is -2.05. The third-order valence-electron chi connectivity index (χ3n) is 2.87. The van der Waals surface area contributed by atoms with Crippen molar-refractivity contribution < 1.29 is 4.42 Å². The Morgan fingerprint density at radius 1 is 1.12 bits per heavy atom. The van der Waals surface area contributed by atoms with E-state index in [1.165, 1.54) is 0 Å². The first-order valence-corrected chi connectivity index (χ1v) is 5.54. The lowest BCUT2D eigenvalue weighted by Gasteiger charge is -2.08. The largest absolute Gasteiger partial charge is 0.460 e. The van der Waals surface area contributed by atoms with E-state index in [4.69, 9.17) is 4.42 Å². The molecular weight excluding hydrogens is 200 g/mol. The minimum atomic E-state index is 0.0613. The van der Waals surface area contributed by atoms with Crippen molar-refractivity contribution in [2.45, 2.75) is 33.6 Å². The highest BCUT2D eigenvalue weighted by Crippen LogP contribution is 2.23. The van der Waals surface area contributed by atoms with Crippen LogP contribution >= 0.6 is 0 Å². The Morgan fingerprint density at radius 2 is 1.75 bits per heavy atom. The molecule has 0 N–H and O–H groups in total. The molecule has 2 nitrogen and oxygen atoms in total. The zero-order valence-corrected chi connectivity index (χ0v) is 10.1. The second-order valence-corrected chi connectivity index (χ2v) is 4.57. The van der Waals surface area contributed by atoms with Crippen LogP contribution in [0.4, 0.5) is 0 Å². The summed E-state index contributed by atoms with van der Waals surface area (Å²) < 4.78 is 5.82. The molecule has 0 radical (unpaired) electrons. The highest BCUT2D eigenvalue weighted by molar-refractivity contribution is 5.82. The zero-order valence-electron chi connectivity index (χ0n) is 10.1. The van der Waals surface area contributed by atoms with Crippen LogP contribution in [0.25, 0.3) is 11.0 Å². The predicted molar refractivity (Wildman–Crippen MR) is 66.0 cm³/mol. The van der Waals surface area contributed by atoms with Gasteiger partial charge in [-0.05, 0) is 25.0 Å². The number of benzene rings is 1. The topological polar surface area (TPSA) is 30.2 Å². The summed E-state index contributed by atoms with van der Waals surface area (Å²) in [4.78, 5) is 12.0. The minimum absolute atomic E-state index is 0.0613. The first-order valence-electron chi connectivity index (χ1n) is 5.54. The van der Waals surface area contributed by atoms with Gasteiger partial charge < -0.3 is 4.42 Å². The van der Waals surface area contributed by atoms with Crippen LogP contribution in [-0.4, -0.2) is 0 Å². The molecule has 0 aliphatic carbocycles. The molecule has 16 heavy (non-hydrogen) atoms. The maximum atomic E-state index is 12.0. The Morgan fingerprint density at radius 3 is 2.38 bits per heavy atom. The molecule has 0 aliphatic heterocycles. The monoisotopic (exact) mass is 216 g/mol. The van der Waals surface area contributed by atoms with Gasteiger partial charge in [-0.25, -0.2) is 0 Å².